The van der Waals surface area contributed by atoms with Crippen LogP contribution in [0.3, 0.4) is 0 Å². The lowest BCUT2D eigenvalue weighted by atomic mass is 10.0. The normalized spacial score (nSPS) is 11.9. The molecule has 0 heterocycles. The summed E-state index contributed by atoms with van der Waals surface area (Å²) in [5, 5.41) is 11.8. The van der Waals surface area contributed by atoms with Crippen molar-refractivity contribution in [1.82, 2.24) is 5.32 Å². The SMILES string of the molecule is CCC(CCO)CNC(=O)Cc1cccc(OC)c1. The zero-order valence-corrected chi connectivity index (χ0v) is 11.7. The van der Waals surface area contributed by atoms with Crippen LogP contribution in [0.25, 0.3) is 0 Å². The van der Waals surface area contributed by atoms with Gasteiger partial charge in [0.1, 0.15) is 5.75 Å². The fourth-order valence-corrected chi connectivity index (χ4v) is 1.92. The lowest BCUT2D eigenvalue weighted by Gasteiger charge is -2.14. The summed E-state index contributed by atoms with van der Waals surface area (Å²) in [5.41, 5.74) is 0.937. The average molecular weight is 265 g/mol. The number of carbonyl (C=O) groups excluding carboxylic acids is 1. The van der Waals surface area contributed by atoms with E-state index in [-0.39, 0.29) is 12.5 Å². The van der Waals surface area contributed by atoms with E-state index in [1.807, 2.05) is 24.3 Å². The van der Waals surface area contributed by atoms with Gasteiger partial charge in [-0.1, -0.05) is 25.5 Å². The molecule has 1 amide bonds. The van der Waals surface area contributed by atoms with Gasteiger partial charge in [-0.2, -0.15) is 0 Å². The number of aliphatic hydroxyl groups excluding tert-OH is 1. The number of aliphatic hydroxyl groups is 1. The highest BCUT2D eigenvalue weighted by Gasteiger charge is 2.09. The van der Waals surface area contributed by atoms with Gasteiger partial charge in [0.25, 0.3) is 0 Å². The van der Waals surface area contributed by atoms with Gasteiger partial charge in [0.05, 0.1) is 13.5 Å². The molecule has 1 rings (SSSR count). The number of hydrogen-bond donors (Lipinski definition) is 2. The van der Waals surface area contributed by atoms with Crippen LogP contribution in [0.5, 0.6) is 5.75 Å². The second-order valence-electron chi connectivity index (χ2n) is 4.62. The minimum atomic E-state index is 0.00430. The molecule has 1 atom stereocenters. The summed E-state index contributed by atoms with van der Waals surface area (Å²) in [7, 11) is 1.61. The van der Waals surface area contributed by atoms with E-state index in [0.717, 1.165) is 24.2 Å². The van der Waals surface area contributed by atoms with E-state index in [0.29, 0.717) is 18.9 Å². The third-order valence-electron chi connectivity index (χ3n) is 3.20. The highest BCUT2D eigenvalue weighted by atomic mass is 16.5. The predicted molar refractivity (Wildman–Crippen MR) is 75.2 cm³/mol. The topological polar surface area (TPSA) is 58.6 Å². The molecule has 0 saturated heterocycles. The first kappa shape index (κ1) is 15.5. The largest absolute Gasteiger partial charge is 0.497 e. The van der Waals surface area contributed by atoms with Gasteiger partial charge < -0.3 is 15.2 Å². The first-order chi connectivity index (χ1) is 9.19. The number of rotatable bonds is 8. The lowest BCUT2D eigenvalue weighted by Crippen LogP contribution is -2.30. The van der Waals surface area contributed by atoms with E-state index in [1.165, 1.54) is 0 Å². The molecule has 1 unspecified atom stereocenters. The summed E-state index contributed by atoms with van der Waals surface area (Å²) < 4.78 is 5.12. The van der Waals surface area contributed by atoms with Gasteiger partial charge in [-0.05, 0) is 30.0 Å². The van der Waals surface area contributed by atoms with Crippen LogP contribution in [-0.4, -0.2) is 31.3 Å². The first-order valence-electron chi connectivity index (χ1n) is 6.70. The van der Waals surface area contributed by atoms with Gasteiger partial charge in [0, 0.05) is 13.2 Å². The molecule has 0 aliphatic carbocycles. The number of hydrogen-bond acceptors (Lipinski definition) is 3. The van der Waals surface area contributed by atoms with Crippen molar-refractivity contribution in [2.45, 2.75) is 26.2 Å². The molecule has 0 aliphatic heterocycles. The molecule has 4 heteroatoms. The van der Waals surface area contributed by atoms with Gasteiger partial charge in [-0.25, -0.2) is 0 Å². The average Bonchev–Trinajstić information content (AvgIpc) is 2.43. The molecule has 19 heavy (non-hydrogen) atoms. The maximum Gasteiger partial charge on any atom is 0.224 e. The van der Waals surface area contributed by atoms with Crippen molar-refractivity contribution in [1.29, 1.82) is 0 Å². The van der Waals surface area contributed by atoms with E-state index in [2.05, 4.69) is 12.2 Å². The van der Waals surface area contributed by atoms with Crippen LogP contribution in [0, 0.1) is 5.92 Å². The molecule has 0 aromatic heterocycles. The summed E-state index contributed by atoms with van der Waals surface area (Å²) in [6.45, 7) is 2.86. The Morgan fingerprint density at radius 1 is 1.47 bits per heavy atom. The predicted octanol–water partition coefficient (Wildman–Crippen LogP) is 1.76. The van der Waals surface area contributed by atoms with Crippen LogP contribution < -0.4 is 10.1 Å². The Hall–Kier alpha value is -1.55. The molecule has 0 spiro atoms. The zero-order valence-electron chi connectivity index (χ0n) is 11.7. The number of benzene rings is 1. The molecule has 106 valence electrons. The van der Waals surface area contributed by atoms with E-state index in [9.17, 15) is 4.79 Å². The molecule has 1 aromatic carbocycles. The Kier molecular flexibility index (Phi) is 6.97. The summed E-state index contributed by atoms with van der Waals surface area (Å²) in [4.78, 5) is 11.8. The summed E-state index contributed by atoms with van der Waals surface area (Å²) in [5.74, 6) is 1.11. The molecule has 4 nitrogen and oxygen atoms in total. The second-order valence-corrected chi connectivity index (χ2v) is 4.62. The molecule has 0 bridgehead atoms. The van der Waals surface area contributed by atoms with Gasteiger partial charge in [-0.3, -0.25) is 4.79 Å². The van der Waals surface area contributed by atoms with Crippen LogP contribution in [0.15, 0.2) is 24.3 Å². The van der Waals surface area contributed by atoms with Crippen molar-refractivity contribution >= 4 is 5.91 Å². The van der Waals surface area contributed by atoms with Crippen molar-refractivity contribution in [3.63, 3.8) is 0 Å². The quantitative estimate of drug-likeness (QED) is 0.753. The van der Waals surface area contributed by atoms with Crippen LogP contribution in [0.2, 0.25) is 0 Å². The first-order valence-corrected chi connectivity index (χ1v) is 6.70. The number of ether oxygens (including phenoxy) is 1. The van der Waals surface area contributed by atoms with Gasteiger partial charge in [-0.15, -0.1) is 0 Å². The molecular formula is C15H23NO3. The highest BCUT2D eigenvalue weighted by Crippen LogP contribution is 2.13. The Bertz CT molecular complexity index is 393. The smallest absolute Gasteiger partial charge is 0.224 e. The van der Waals surface area contributed by atoms with Gasteiger partial charge >= 0.3 is 0 Å². The summed E-state index contributed by atoms with van der Waals surface area (Å²) >= 11 is 0. The minimum absolute atomic E-state index is 0.00430. The molecule has 0 aliphatic rings. The fraction of sp³-hybridized carbons (Fsp3) is 0.533. The van der Waals surface area contributed by atoms with Gasteiger partial charge in [0.15, 0.2) is 0 Å². The van der Waals surface area contributed by atoms with Crippen molar-refractivity contribution in [2.75, 3.05) is 20.3 Å². The van der Waals surface area contributed by atoms with Crippen LogP contribution >= 0.6 is 0 Å². The number of carbonyl (C=O) groups is 1. The lowest BCUT2D eigenvalue weighted by molar-refractivity contribution is -0.120. The van der Waals surface area contributed by atoms with Crippen molar-refractivity contribution in [2.24, 2.45) is 5.92 Å². The van der Waals surface area contributed by atoms with Crippen LogP contribution in [0.4, 0.5) is 0 Å². The van der Waals surface area contributed by atoms with E-state index >= 15 is 0 Å². The Labute approximate surface area is 114 Å². The Morgan fingerprint density at radius 2 is 2.26 bits per heavy atom. The number of nitrogens with one attached hydrogen (secondary N) is 1. The maximum atomic E-state index is 11.8. The highest BCUT2D eigenvalue weighted by molar-refractivity contribution is 5.78. The van der Waals surface area contributed by atoms with Gasteiger partial charge in [0.2, 0.25) is 5.91 Å². The van der Waals surface area contributed by atoms with E-state index in [1.54, 1.807) is 7.11 Å². The minimum Gasteiger partial charge on any atom is -0.497 e. The van der Waals surface area contributed by atoms with Crippen LogP contribution in [0.1, 0.15) is 25.3 Å². The third kappa shape index (κ3) is 5.75. The van der Waals surface area contributed by atoms with Crippen molar-refractivity contribution < 1.29 is 14.6 Å². The number of amides is 1. The summed E-state index contributed by atoms with van der Waals surface area (Å²) in [6.07, 6.45) is 2.04. The molecule has 0 radical (unpaired) electrons. The molecular weight excluding hydrogens is 242 g/mol. The Balaban J connectivity index is 2.41. The molecule has 0 fully saturated rings. The van der Waals surface area contributed by atoms with E-state index in [4.69, 9.17) is 9.84 Å². The monoisotopic (exact) mass is 265 g/mol. The Morgan fingerprint density at radius 3 is 2.89 bits per heavy atom. The van der Waals surface area contributed by atoms with E-state index < -0.39 is 0 Å². The molecule has 2 N–H and O–H groups in total. The second kappa shape index (κ2) is 8.53. The third-order valence-corrected chi connectivity index (χ3v) is 3.20. The molecule has 0 saturated carbocycles. The zero-order chi connectivity index (χ0) is 14.1. The van der Waals surface area contributed by atoms with Crippen LogP contribution in [-0.2, 0) is 11.2 Å². The van der Waals surface area contributed by atoms with Crippen molar-refractivity contribution in [3.05, 3.63) is 29.8 Å². The standard InChI is InChI=1S/C15H23NO3/c1-3-12(7-8-17)11-16-15(18)10-13-5-4-6-14(9-13)19-2/h4-6,9,12,17H,3,7-8,10-11H2,1-2H3,(H,16,18). The fourth-order valence-electron chi connectivity index (χ4n) is 1.92. The maximum absolute atomic E-state index is 11.8. The number of methoxy groups -OCH3 is 1. The van der Waals surface area contributed by atoms with Crippen molar-refractivity contribution in [3.8, 4) is 5.75 Å². The summed E-state index contributed by atoms with van der Waals surface area (Å²) in [6, 6.07) is 7.51. The molecule has 1 aromatic rings.